The quantitative estimate of drug-likeness (QED) is 0.827. The van der Waals surface area contributed by atoms with Crippen molar-refractivity contribution in [2.24, 2.45) is 5.73 Å². The van der Waals surface area contributed by atoms with E-state index in [1.54, 1.807) is 6.07 Å². The van der Waals surface area contributed by atoms with Crippen LogP contribution in [-0.2, 0) is 5.54 Å². The van der Waals surface area contributed by atoms with Crippen molar-refractivity contribution in [1.29, 1.82) is 0 Å². The number of halogens is 3. The molecule has 0 aliphatic heterocycles. The zero-order valence-corrected chi connectivity index (χ0v) is 8.18. The second kappa shape index (κ2) is 2.48. The summed E-state index contributed by atoms with van der Waals surface area (Å²) in [4.78, 5) is 3.86. The fourth-order valence-electron chi connectivity index (χ4n) is 1.22. The highest BCUT2D eigenvalue weighted by molar-refractivity contribution is 9.10. The molecule has 0 amide bonds. The predicted octanol–water partition coefficient (Wildman–Crippen LogP) is 2.04. The van der Waals surface area contributed by atoms with Crippen molar-refractivity contribution in [3.63, 3.8) is 0 Å². The van der Waals surface area contributed by atoms with Crippen LogP contribution in [0, 0.1) is 0 Å². The van der Waals surface area contributed by atoms with Gasteiger partial charge >= 0.3 is 0 Å². The Kier molecular flexibility index (Phi) is 1.72. The monoisotopic (exact) mass is 248 g/mol. The van der Waals surface area contributed by atoms with E-state index < -0.39 is 11.5 Å². The molecule has 1 aromatic rings. The molecule has 0 aromatic carbocycles. The minimum absolute atomic E-state index is 0.251. The summed E-state index contributed by atoms with van der Waals surface area (Å²) in [5.41, 5.74) is 4.18. The van der Waals surface area contributed by atoms with Gasteiger partial charge in [0.1, 0.15) is 5.54 Å². The van der Waals surface area contributed by atoms with Crippen molar-refractivity contribution in [1.82, 2.24) is 4.98 Å². The van der Waals surface area contributed by atoms with Gasteiger partial charge in [0.05, 0.1) is 5.69 Å². The Bertz CT molecular complexity index is 339. The number of alkyl halides is 2. The first-order valence-corrected chi connectivity index (χ1v) is 4.54. The van der Waals surface area contributed by atoms with E-state index in [0.717, 1.165) is 4.47 Å². The summed E-state index contributed by atoms with van der Waals surface area (Å²) in [7, 11) is 0. The number of hydrogen-bond acceptors (Lipinski definition) is 2. The lowest BCUT2D eigenvalue weighted by Crippen LogP contribution is -2.28. The third kappa shape index (κ3) is 1.26. The smallest absolute Gasteiger partial charge is 0.273 e. The molecule has 1 aliphatic carbocycles. The molecular weight excluding hydrogens is 242 g/mol. The molecule has 1 fully saturated rings. The predicted molar refractivity (Wildman–Crippen MR) is 47.4 cm³/mol. The van der Waals surface area contributed by atoms with E-state index in [-0.39, 0.29) is 12.1 Å². The Morgan fingerprint density at radius 2 is 2.08 bits per heavy atom. The van der Waals surface area contributed by atoms with E-state index in [4.69, 9.17) is 5.73 Å². The molecule has 1 atom stereocenters. The van der Waals surface area contributed by atoms with Crippen LogP contribution in [-0.4, -0.2) is 10.9 Å². The van der Waals surface area contributed by atoms with Crippen LogP contribution in [0.25, 0.3) is 0 Å². The molecule has 1 saturated carbocycles. The fraction of sp³-hybridized carbons (Fsp3) is 0.375. The first kappa shape index (κ1) is 9.02. The van der Waals surface area contributed by atoms with Gasteiger partial charge < -0.3 is 5.73 Å². The first-order valence-electron chi connectivity index (χ1n) is 3.74. The van der Waals surface area contributed by atoms with Crippen LogP contribution in [0.1, 0.15) is 12.1 Å². The van der Waals surface area contributed by atoms with Gasteiger partial charge in [-0.1, -0.05) is 0 Å². The number of aromatic nitrogens is 1. The van der Waals surface area contributed by atoms with E-state index in [1.807, 2.05) is 0 Å². The molecule has 0 radical (unpaired) electrons. The number of rotatable bonds is 1. The summed E-state index contributed by atoms with van der Waals surface area (Å²) < 4.78 is 26.3. The van der Waals surface area contributed by atoms with E-state index in [9.17, 15) is 8.78 Å². The minimum Gasteiger partial charge on any atom is -0.315 e. The van der Waals surface area contributed by atoms with E-state index in [0.29, 0.717) is 0 Å². The zero-order valence-electron chi connectivity index (χ0n) is 6.60. The summed E-state index contributed by atoms with van der Waals surface area (Å²) in [6, 6.07) is 3.18. The van der Waals surface area contributed by atoms with Crippen molar-refractivity contribution in [3.8, 4) is 0 Å². The van der Waals surface area contributed by atoms with E-state index >= 15 is 0 Å². The normalized spacial score (nSPS) is 30.2. The second-order valence-corrected chi connectivity index (χ2v) is 4.13. The SMILES string of the molecule is NC1(c2ccc(Br)cn2)CC1(F)F. The van der Waals surface area contributed by atoms with Gasteiger partial charge in [0, 0.05) is 17.1 Å². The highest BCUT2D eigenvalue weighted by Crippen LogP contribution is 2.56. The molecule has 0 bridgehead atoms. The van der Waals surface area contributed by atoms with Gasteiger partial charge in [-0.05, 0) is 28.1 Å². The zero-order chi connectivity index (χ0) is 9.69. The Morgan fingerprint density at radius 3 is 2.46 bits per heavy atom. The molecule has 0 spiro atoms. The number of nitrogens with zero attached hydrogens (tertiary/aromatic N) is 1. The molecular formula is C8H7BrF2N2. The lowest BCUT2D eigenvalue weighted by molar-refractivity contribution is 0.0881. The first-order chi connectivity index (χ1) is 5.96. The van der Waals surface area contributed by atoms with Gasteiger partial charge in [-0.15, -0.1) is 0 Å². The Balaban J connectivity index is 2.34. The second-order valence-electron chi connectivity index (χ2n) is 3.21. The van der Waals surface area contributed by atoms with Crippen molar-refractivity contribution >= 4 is 15.9 Å². The highest BCUT2D eigenvalue weighted by Gasteiger charge is 2.70. The number of pyridine rings is 1. The molecule has 1 heterocycles. The van der Waals surface area contributed by atoms with Crippen LogP contribution >= 0.6 is 15.9 Å². The van der Waals surface area contributed by atoms with Gasteiger partial charge in [0.15, 0.2) is 0 Å². The third-order valence-electron chi connectivity index (χ3n) is 2.21. The minimum atomic E-state index is -2.80. The maximum atomic E-state index is 12.8. The molecule has 1 unspecified atom stereocenters. The molecule has 2 N–H and O–H groups in total. The Morgan fingerprint density at radius 1 is 1.46 bits per heavy atom. The fourth-order valence-corrected chi connectivity index (χ4v) is 1.46. The van der Waals surface area contributed by atoms with Crippen LogP contribution in [0.2, 0.25) is 0 Å². The molecule has 5 heteroatoms. The average molecular weight is 249 g/mol. The van der Waals surface area contributed by atoms with Crippen molar-refractivity contribution in [2.75, 3.05) is 0 Å². The van der Waals surface area contributed by atoms with Gasteiger partial charge in [0.2, 0.25) is 0 Å². The van der Waals surface area contributed by atoms with Gasteiger partial charge in [-0.3, -0.25) is 4.98 Å². The van der Waals surface area contributed by atoms with Gasteiger partial charge in [-0.2, -0.15) is 0 Å². The van der Waals surface area contributed by atoms with E-state index in [1.165, 1.54) is 12.3 Å². The lowest BCUT2D eigenvalue weighted by Gasteiger charge is -2.08. The number of nitrogens with two attached hydrogens (primary N) is 1. The average Bonchev–Trinajstić information content (AvgIpc) is 2.53. The van der Waals surface area contributed by atoms with Gasteiger partial charge in [-0.25, -0.2) is 8.78 Å². The van der Waals surface area contributed by atoms with Crippen molar-refractivity contribution in [2.45, 2.75) is 17.9 Å². The largest absolute Gasteiger partial charge is 0.315 e. The van der Waals surface area contributed by atoms with Crippen molar-refractivity contribution in [3.05, 3.63) is 28.5 Å². The summed E-state index contributed by atoms with van der Waals surface area (Å²) in [6.45, 7) is 0. The van der Waals surface area contributed by atoms with E-state index in [2.05, 4.69) is 20.9 Å². The highest BCUT2D eigenvalue weighted by atomic mass is 79.9. The molecule has 1 aliphatic rings. The molecule has 0 saturated heterocycles. The summed E-state index contributed by atoms with van der Waals surface area (Å²) in [5, 5.41) is 0. The van der Waals surface area contributed by atoms with Crippen LogP contribution < -0.4 is 5.73 Å². The Hall–Kier alpha value is -0.550. The van der Waals surface area contributed by atoms with Crippen LogP contribution in [0.4, 0.5) is 8.78 Å². The Labute approximate surface area is 82.3 Å². The molecule has 1 aromatic heterocycles. The summed E-state index contributed by atoms with van der Waals surface area (Å²) in [6.07, 6.45) is 1.16. The summed E-state index contributed by atoms with van der Waals surface area (Å²) in [5.74, 6) is -2.80. The third-order valence-corrected chi connectivity index (χ3v) is 2.68. The van der Waals surface area contributed by atoms with Crippen LogP contribution in [0.5, 0.6) is 0 Å². The van der Waals surface area contributed by atoms with Crippen LogP contribution in [0.3, 0.4) is 0 Å². The van der Waals surface area contributed by atoms with Crippen molar-refractivity contribution < 1.29 is 8.78 Å². The lowest BCUT2D eigenvalue weighted by atomic mass is 10.2. The molecule has 70 valence electrons. The molecule has 2 rings (SSSR count). The topological polar surface area (TPSA) is 38.9 Å². The number of hydrogen-bond donors (Lipinski definition) is 1. The van der Waals surface area contributed by atoms with Gasteiger partial charge in [0.25, 0.3) is 5.92 Å². The standard InChI is InChI=1S/C8H7BrF2N2/c9-5-1-2-6(13-3-5)7(12)4-8(7,10)11/h1-3H,4,12H2. The summed E-state index contributed by atoms with van der Waals surface area (Å²) >= 11 is 3.17. The molecule has 2 nitrogen and oxygen atoms in total. The maximum absolute atomic E-state index is 12.8. The van der Waals surface area contributed by atoms with Crippen LogP contribution in [0.15, 0.2) is 22.8 Å². The maximum Gasteiger partial charge on any atom is 0.273 e. The molecule has 13 heavy (non-hydrogen) atoms.